The van der Waals surface area contributed by atoms with Crippen LogP contribution in [0.15, 0.2) is 0 Å². The van der Waals surface area contributed by atoms with Crippen molar-refractivity contribution >= 4 is 10.4 Å². The first kappa shape index (κ1) is 23.2. The molecule has 0 aliphatic carbocycles. The van der Waals surface area contributed by atoms with Crippen LogP contribution >= 0.6 is 0 Å². The van der Waals surface area contributed by atoms with E-state index in [1.807, 2.05) is 0 Å². The standard InChI is InChI=1S/2Mn.H2O4S.H2O/c;;1-5(2,3)4;/h;;(H2,1,2,3,4);1H2. The van der Waals surface area contributed by atoms with Gasteiger partial charge >= 0.3 is 10.4 Å². The minimum absolute atomic E-state index is 0. The summed E-state index contributed by atoms with van der Waals surface area (Å²) in [5.74, 6) is 0. The van der Waals surface area contributed by atoms with Crippen LogP contribution in [0.5, 0.6) is 0 Å². The van der Waals surface area contributed by atoms with Gasteiger partial charge in [0, 0.05) is 34.1 Å². The number of rotatable bonds is 0. The molecule has 54 valence electrons. The van der Waals surface area contributed by atoms with E-state index in [0.29, 0.717) is 0 Å². The molecule has 0 unspecified atom stereocenters. The molecule has 0 amide bonds. The number of hydrogen-bond donors (Lipinski definition) is 2. The Morgan fingerprint density at radius 1 is 1.00 bits per heavy atom. The molecule has 0 aliphatic rings. The summed E-state index contributed by atoms with van der Waals surface area (Å²) in [6.45, 7) is 0. The second kappa shape index (κ2) is 7.87. The van der Waals surface area contributed by atoms with Gasteiger partial charge in [-0.05, 0) is 0 Å². The van der Waals surface area contributed by atoms with Crippen molar-refractivity contribution < 1.29 is 57.1 Å². The Balaban J connectivity index is -0.0000000267. The van der Waals surface area contributed by atoms with Crippen LogP contribution in [0.3, 0.4) is 0 Å². The van der Waals surface area contributed by atoms with Crippen LogP contribution in [0.4, 0.5) is 0 Å². The van der Waals surface area contributed by atoms with Crippen LogP contribution in [0.25, 0.3) is 0 Å². The zero-order chi connectivity index (χ0) is 4.50. The molecule has 2 radical (unpaired) electrons. The largest absolute Gasteiger partial charge is 0.412 e. The van der Waals surface area contributed by atoms with Crippen molar-refractivity contribution in [3.8, 4) is 0 Å². The minimum atomic E-state index is -4.67. The monoisotopic (exact) mass is 226 g/mol. The molecule has 0 saturated carbocycles. The van der Waals surface area contributed by atoms with Crippen LogP contribution in [-0.2, 0) is 44.5 Å². The zero-order valence-corrected chi connectivity index (χ0v) is 6.55. The van der Waals surface area contributed by atoms with Crippen LogP contribution in [-0.4, -0.2) is 23.0 Å². The third kappa shape index (κ3) is 313. The maximum atomic E-state index is 8.74. The molecule has 0 aliphatic heterocycles. The Morgan fingerprint density at radius 3 is 1.00 bits per heavy atom. The van der Waals surface area contributed by atoms with Gasteiger partial charge in [0.1, 0.15) is 0 Å². The van der Waals surface area contributed by atoms with E-state index in [9.17, 15) is 0 Å². The second-order valence-corrected chi connectivity index (χ2v) is 1.34. The molecule has 0 aromatic rings. The molecule has 0 bridgehead atoms. The molecule has 0 aromatic heterocycles. The van der Waals surface area contributed by atoms with E-state index in [-0.39, 0.29) is 39.6 Å². The van der Waals surface area contributed by atoms with Crippen molar-refractivity contribution in [3.63, 3.8) is 0 Å². The molecule has 0 spiro atoms. The first-order chi connectivity index (χ1) is 2.00. The van der Waals surface area contributed by atoms with Gasteiger partial charge in [-0.1, -0.05) is 0 Å². The molecule has 8 heteroatoms. The van der Waals surface area contributed by atoms with Crippen molar-refractivity contribution in [1.29, 1.82) is 0 Å². The first-order valence-corrected chi connectivity index (χ1v) is 2.10. The Bertz CT molecular complexity index is 93.6. The average Bonchev–Trinajstić information content (AvgIpc) is 0.722. The Hall–Kier alpha value is 0.869. The second-order valence-electron chi connectivity index (χ2n) is 0.448. The molecule has 0 fully saturated rings. The molecule has 0 atom stereocenters. The Kier molecular flexibility index (Phi) is 22.8. The van der Waals surface area contributed by atoms with Crippen molar-refractivity contribution in [2.24, 2.45) is 0 Å². The summed E-state index contributed by atoms with van der Waals surface area (Å²) in [7, 11) is -4.67. The summed E-state index contributed by atoms with van der Waals surface area (Å²) in [5.41, 5.74) is 0. The van der Waals surface area contributed by atoms with E-state index in [1.165, 1.54) is 0 Å². The summed E-state index contributed by atoms with van der Waals surface area (Å²) in [6.07, 6.45) is 0. The van der Waals surface area contributed by atoms with Crippen LogP contribution in [0.2, 0.25) is 0 Å². The minimum Gasteiger partial charge on any atom is -0.412 e. The molecule has 5 nitrogen and oxygen atoms in total. The number of hydrogen-bond acceptors (Lipinski definition) is 2. The van der Waals surface area contributed by atoms with Crippen molar-refractivity contribution in [3.05, 3.63) is 0 Å². The van der Waals surface area contributed by atoms with Gasteiger partial charge in [-0.2, -0.15) is 8.42 Å². The van der Waals surface area contributed by atoms with Gasteiger partial charge < -0.3 is 5.48 Å². The fraction of sp³-hybridized carbons (Fsp3) is 0. The molecule has 4 N–H and O–H groups in total. The van der Waals surface area contributed by atoms with Crippen LogP contribution < -0.4 is 0 Å². The summed E-state index contributed by atoms with van der Waals surface area (Å²) < 4.78 is 31.6. The van der Waals surface area contributed by atoms with Crippen LogP contribution in [0, 0.1) is 0 Å². The van der Waals surface area contributed by atoms with E-state index in [1.54, 1.807) is 0 Å². The molecular formula is H4Mn2O5S. The van der Waals surface area contributed by atoms with E-state index < -0.39 is 10.4 Å². The van der Waals surface area contributed by atoms with Crippen molar-refractivity contribution in [2.75, 3.05) is 0 Å². The maximum Gasteiger partial charge on any atom is 0.394 e. The van der Waals surface area contributed by atoms with Crippen molar-refractivity contribution in [1.82, 2.24) is 0 Å². The van der Waals surface area contributed by atoms with Gasteiger partial charge in [0.05, 0.1) is 0 Å². The SMILES string of the molecule is O.O=S(=O)(O)O.[Mn].[Mn]. The smallest absolute Gasteiger partial charge is 0.394 e. The summed E-state index contributed by atoms with van der Waals surface area (Å²) in [4.78, 5) is 0. The van der Waals surface area contributed by atoms with Crippen LogP contribution in [0.1, 0.15) is 0 Å². The molecule has 0 saturated heterocycles. The first-order valence-electron chi connectivity index (χ1n) is 0.698. The third-order valence-electron chi connectivity index (χ3n) is 0. The van der Waals surface area contributed by atoms with Gasteiger partial charge in [0.25, 0.3) is 0 Å². The molecule has 0 aromatic carbocycles. The summed E-state index contributed by atoms with van der Waals surface area (Å²) >= 11 is 0. The van der Waals surface area contributed by atoms with E-state index in [0.717, 1.165) is 0 Å². The summed E-state index contributed by atoms with van der Waals surface area (Å²) in [6, 6.07) is 0. The fourth-order valence-corrected chi connectivity index (χ4v) is 0. The van der Waals surface area contributed by atoms with Gasteiger partial charge in [0.15, 0.2) is 0 Å². The van der Waals surface area contributed by atoms with Crippen molar-refractivity contribution in [2.45, 2.75) is 0 Å². The Morgan fingerprint density at radius 2 is 1.00 bits per heavy atom. The topological polar surface area (TPSA) is 106 Å². The van der Waals surface area contributed by atoms with Gasteiger partial charge in [-0.25, -0.2) is 0 Å². The van der Waals surface area contributed by atoms with E-state index in [2.05, 4.69) is 0 Å². The quantitative estimate of drug-likeness (QED) is 0.387. The summed E-state index contributed by atoms with van der Waals surface area (Å²) in [5, 5.41) is 0. The molecule has 8 heavy (non-hydrogen) atoms. The molecule has 0 rings (SSSR count). The van der Waals surface area contributed by atoms with Gasteiger partial charge in [-0.3, -0.25) is 9.11 Å². The Labute approximate surface area is 67.7 Å². The van der Waals surface area contributed by atoms with Gasteiger partial charge in [-0.15, -0.1) is 0 Å². The van der Waals surface area contributed by atoms with E-state index >= 15 is 0 Å². The van der Waals surface area contributed by atoms with Gasteiger partial charge in [0.2, 0.25) is 0 Å². The maximum absolute atomic E-state index is 8.74. The molecular weight excluding hydrogens is 222 g/mol. The van der Waals surface area contributed by atoms with E-state index in [4.69, 9.17) is 17.5 Å². The average molecular weight is 226 g/mol. The third-order valence-corrected chi connectivity index (χ3v) is 0. The zero-order valence-electron chi connectivity index (χ0n) is 3.38. The molecule has 0 heterocycles. The fourth-order valence-electron chi connectivity index (χ4n) is 0. The normalized spacial score (nSPS) is 7.25. The predicted octanol–water partition coefficient (Wildman–Crippen LogP) is -1.48. The predicted molar refractivity (Wildman–Crippen MR) is 17.8 cm³/mol.